The molecule has 0 saturated heterocycles. The molecule has 0 N–H and O–H groups in total. The summed E-state index contributed by atoms with van der Waals surface area (Å²) in [5.41, 5.74) is 0. The van der Waals surface area contributed by atoms with E-state index in [1.165, 1.54) is 6.42 Å². The fourth-order valence-corrected chi connectivity index (χ4v) is 0.177. The third-order valence-corrected chi connectivity index (χ3v) is 0.500. The summed E-state index contributed by atoms with van der Waals surface area (Å²) in [5.74, 6) is 0. The third kappa shape index (κ3) is 100. The first-order valence-electron chi connectivity index (χ1n) is 2.41. The molecule has 2 nitrogen and oxygen atoms in total. The maximum absolute atomic E-state index is 7.50. The smallest absolute Gasteiger partial charge is 0 e. The number of hydrogen-bond acceptors (Lipinski definition) is 2. The monoisotopic (exact) mass is 229 g/mol. The topological polar surface area (TPSA) is 34.1 Å². The van der Waals surface area contributed by atoms with Gasteiger partial charge >= 0.3 is 0 Å². The maximum atomic E-state index is 7.50. The van der Waals surface area contributed by atoms with Crippen LogP contribution in [0.2, 0.25) is 0 Å². The molecule has 63 valence electrons. The van der Waals surface area contributed by atoms with Gasteiger partial charge < -0.3 is 37.0 Å². The second-order valence-electron chi connectivity index (χ2n) is 1.06. The molecular weight excluding hydrogens is 219 g/mol. The molecule has 0 saturated carbocycles. The van der Waals surface area contributed by atoms with E-state index in [2.05, 4.69) is 27.4 Å². The van der Waals surface area contributed by atoms with E-state index in [-0.39, 0.29) is 19.5 Å². The molecule has 0 aliphatic heterocycles. The van der Waals surface area contributed by atoms with Gasteiger partial charge in [0.2, 0.25) is 0 Å². The Labute approximate surface area is 76.1 Å². The van der Waals surface area contributed by atoms with Crippen LogP contribution in [0, 0.1) is 13.8 Å². The summed E-state index contributed by atoms with van der Waals surface area (Å²) in [6.45, 7) is 16.3. The Kier molecular flexibility index (Phi) is 146. The van der Waals surface area contributed by atoms with Crippen LogP contribution in [0.15, 0.2) is 0 Å². The Bertz CT molecular complexity index is 30.8. The quantitative estimate of drug-likeness (QED) is 0.523. The second-order valence-corrected chi connectivity index (χ2v) is 1.06. The van der Waals surface area contributed by atoms with Gasteiger partial charge in [0, 0.05) is 19.5 Å². The van der Waals surface area contributed by atoms with Crippen molar-refractivity contribution in [2.24, 2.45) is 0 Å². The zero-order chi connectivity index (χ0) is 8.12. The first kappa shape index (κ1) is 22.5. The van der Waals surface area contributed by atoms with Crippen LogP contribution in [0.3, 0.4) is 0 Å². The van der Waals surface area contributed by atoms with Crippen molar-refractivity contribution in [3.63, 3.8) is 0 Å². The van der Waals surface area contributed by atoms with E-state index in [0.717, 1.165) is 12.8 Å². The summed E-state index contributed by atoms with van der Waals surface area (Å²) in [7, 11) is 0. The molecule has 3 radical (unpaired) electrons. The zero-order valence-corrected chi connectivity index (χ0v) is 7.32. The molecular formula is C7H10O2Rh-4. The second kappa shape index (κ2) is 64.7. The molecule has 0 bridgehead atoms. The van der Waals surface area contributed by atoms with Crippen LogP contribution in [0.4, 0.5) is 0 Å². The molecule has 0 heterocycles. The standard InChI is InChI=1S/C5H10.2CO.Rh/c1-3-5-4-2;2*1-2;/h1-5H2;;;/q-2;2*-1;. The van der Waals surface area contributed by atoms with Crippen LogP contribution in [0.25, 0.3) is 0 Å². The van der Waals surface area contributed by atoms with Crippen molar-refractivity contribution >= 4 is 13.6 Å². The van der Waals surface area contributed by atoms with Crippen molar-refractivity contribution < 1.29 is 29.1 Å². The first-order valence-corrected chi connectivity index (χ1v) is 2.41. The Hall–Kier alpha value is -0.0366. The molecule has 0 amide bonds. The number of unbranched alkanes of at least 4 members (excludes halogenated alkanes) is 2. The van der Waals surface area contributed by atoms with Gasteiger partial charge in [-0.05, 0) is 0 Å². The first-order chi connectivity index (χ1) is 4.41. The molecule has 0 aromatic rings. The minimum atomic E-state index is 0. The SMILES string of the molecule is [C-]=O.[C-]=O.[CH2-]CCC[CH2-].[Rh]. The normalized spacial score (nSPS) is 5.00. The molecule has 0 aliphatic carbocycles. The molecule has 0 rings (SSSR count). The van der Waals surface area contributed by atoms with Gasteiger partial charge in [0.15, 0.2) is 0 Å². The summed E-state index contributed by atoms with van der Waals surface area (Å²) in [6.07, 6.45) is 3.23. The van der Waals surface area contributed by atoms with E-state index >= 15 is 0 Å². The van der Waals surface area contributed by atoms with Crippen molar-refractivity contribution in [3.05, 3.63) is 13.8 Å². The van der Waals surface area contributed by atoms with Crippen molar-refractivity contribution in [1.29, 1.82) is 0 Å². The van der Waals surface area contributed by atoms with Crippen molar-refractivity contribution in [2.45, 2.75) is 19.3 Å². The molecule has 0 aromatic carbocycles. The van der Waals surface area contributed by atoms with Crippen LogP contribution < -0.4 is 0 Å². The van der Waals surface area contributed by atoms with Gasteiger partial charge in [0.25, 0.3) is 0 Å². The predicted molar refractivity (Wildman–Crippen MR) is 36.0 cm³/mol. The fourth-order valence-electron chi connectivity index (χ4n) is 0.177. The summed E-state index contributed by atoms with van der Waals surface area (Å²) in [4.78, 5) is 15.0. The summed E-state index contributed by atoms with van der Waals surface area (Å²) < 4.78 is 0. The van der Waals surface area contributed by atoms with E-state index in [1.807, 2.05) is 0 Å². The van der Waals surface area contributed by atoms with Gasteiger partial charge in [-0.3, -0.25) is 0 Å². The van der Waals surface area contributed by atoms with Gasteiger partial charge in [-0.25, -0.2) is 0 Å². The molecule has 10 heavy (non-hydrogen) atoms. The van der Waals surface area contributed by atoms with Crippen LogP contribution in [0.5, 0.6) is 0 Å². The molecule has 0 atom stereocenters. The Morgan fingerprint density at radius 2 is 1.10 bits per heavy atom. The van der Waals surface area contributed by atoms with E-state index in [1.54, 1.807) is 0 Å². The predicted octanol–water partition coefficient (Wildman–Crippen LogP) is 1.03. The van der Waals surface area contributed by atoms with Gasteiger partial charge in [0.05, 0.1) is 0 Å². The van der Waals surface area contributed by atoms with Gasteiger partial charge in [-0.1, -0.05) is 0 Å². The Morgan fingerprint density at radius 1 is 0.900 bits per heavy atom. The number of rotatable bonds is 2. The van der Waals surface area contributed by atoms with Gasteiger partial charge in [-0.2, -0.15) is 12.8 Å². The Balaban J connectivity index is -0.0000000315. The van der Waals surface area contributed by atoms with Crippen LogP contribution >= 0.6 is 0 Å². The summed E-state index contributed by atoms with van der Waals surface area (Å²) >= 11 is 0. The van der Waals surface area contributed by atoms with Crippen LogP contribution in [-0.2, 0) is 29.1 Å². The average molecular weight is 229 g/mol. The van der Waals surface area contributed by atoms with Crippen LogP contribution in [0.1, 0.15) is 19.3 Å². The van der Waals surface area contributed by atoms with Gasteiger partial charge in [0.1, 0.15) is 0 Å². The zero-order valence-electron chi connectivity index (χ0n) is 5.69. The summed E-state index contributed by atoms with van der Waals surface area (Å²) in [6, 6.07) is 0. The molecule has 0 aliphatic rings. The Morgan fingerprint density at radius 3 is 1.10 bits per heavy atom. The average Bonchev–Trinajstić information content (AvgIpc) is 1.98. The minimum Gasteiger partial charge on any atom is -0.573 e. The van der Waals surface area contributed by atoms with E-state index < -0.39 is 0 Å². The molecule has 0 fully saturated rings. The van der Waals surface area contributed by atoms with E-state index in [9.17, 15) is 0 Å². The maximum Gasteiger partial charge on any atom is 0 e. The van der Waals surface area contributed by atoms with Crippen molar-refractivity contribution in [1.82, 2.24) is 0 Å². The molecule has 3 heteroatoms. The third-order valence-electron chi connectivity index (χ3n) is 0.500. The van der Waals surface area contributed by atoms with Gasteiger partial charge in [-0.15, -0.1) is 6.42 Å². The van der Waals surface area contributed by atoms with E-state index in [0.29, 0.717) is 0 Å². The fraction of sp³-hybridized carbons (Fsp3) is 0.429. The largest absolute Gasteiger partial charge is 0.573 e. The number of carbonyl (C=O) groups excluding carboxylic acids is 2. The molecule has 0 unspecified atom stereocenters. The summed E-state index contributed by atoms with van der Waals surface area (Å²) in [5, 5.41) is 0. The number of hydrogen-bond donors (Lipinski definition) is 0. The van der Waals surface area contributed by atoms with Crippen molar-refractivity contribution in [2.75, 3.05) is 0 Å². The van der Waals surface area contributed by atoms with Crippen molar-refractivity contribution in [3.8, 4) is 0 Å². The van der Waals surface area contributed by atoms with Crippen LogP contribution in [-0.4, -0.2) is 13.6 Å². The molecule has 0 aromatic heterocycles. The molecule has 0 spiro atoms. The minimum absolute atomic E-state index is 0. The van der Waals surface area contributed by atoms with E-state index in [4.69, 9.17) is 9.59 Å².